The van der Waals surface area contributed by atoms with Crippen molar-refractivity contribution in [3.63, 3.8) is 0 Å². The fourth-order valence-corrected chi connectivity index (χ4v) is 3.09. The van der Waals surface area contributed by atoms with Gasteiger partial charge in [0, 0.05) is 11.4 Å². The summed E-state index contributed by atoms with van der Waals surface area (Å²) in [4.78, 5) is 17.1. The molecule has 0 aliphatic carbocycles. The van der Waals surface area contributed by atoms with Crippen LogP contribution in [0.3, 0.4) is 0 Å². The van der Waals surface area contributed by atoms with E-state index in [0.29, 0.717) is 17.2 Å². The van der Waals surface area contributed by atoms with Crippen LogP contribution in [-0.4, -0.2) is 20.8 Å². The highest BCUT2D eigenvalue weighted by Crippen LogP contribution is 2.28. The molecule has 0 aliphatic heterocycles. The van der Waals surface area contributed by atoms with Gasteiger partial charge in [-0.15, -0.1) is 5.10 Å². The number of para-hydroxylation sites is 2. The zero-order valence-corrected chi connectivity index (χ0v) is 15.1. The van der Waals surface area contributed by atoms with E-state index in [1.807, 2.05) is 80.6 Å². The van der Waals surface area contributed by atoms with Gasteiger partial charge in [-0.1, -0.05) is 36.4 Å². The Morgan fingerprint density at radius 3 is 2.30 bits per heavy atom. The third kappa shape index (κ3) is 3.37. The van der Waals surface area contributed by atoms with Gasteiger partial charge < -0.3 is 5.32 Å². The number of fused-ring (bicyclic) bond motifs is 1. The Labute approximate surface area is 156 Å². The summed E-state index contributed by atoms with van der Waals surface area (Å²) in [5.74, 6) is 0.479. The molecule has 6 heteroatoms. The van der Waals surface area contributed by atoms with E-state index in [0.717, 1.165) is 22.3 Å². The van der Waals surface area contributed by atoms with Gasteiger partial charge in [0.15, 0.2) is 11.5 Å². The monoisotopic (exact) mass is 357 g/mol. The number of carbonyl (C=O) groups excluding carboxylic acids is 1. The van der Waals surface area contributed by atoms with Crippen LogP contribution in [0.5, 0.6) is 0 Å². The van der Waals surface area contributed by atoms with Gasteiger partial charge in [0.25, 0.3) is 0 Å². The summed E-state index contributed by atoms with van der Waals surface area (Å²) in [7, 11) is 0. The van der Waals surface area contributed by atoms with E-state index in [9.17, 15) is 4.79 Å². The van der Waals surface area contributed by atoms with Crippen molar-refractivity contribution in [2.24, 2.45) is 0 Å². The normalized spacial score (nSPS) is 10.7. The Kier molecular flexibility index (Phi) is 4.30. The molecular formula is C21H19N5O. The van der Waals surface area contributed by atoms with Crippen LogP contribution in [-0.2, 0) is 0 Å². The molecule has 0 aliphatic rings. The molecule has 0 atom stereocenters. The number of rotatable bonds is 3. The van der Waals surface area contributed by atoms with Gasteiger partial charge in [0.2, 0.25) is 0 Å². The summed E-state index contributed by atoms with van der Waals surface area (Å²) in [5.41, 5.74) is 4.23. The smallest absolute Gasteiger partial charge is 0.308 e. The van der Waals surface area contributed by atoms with Crippen LogP contribution in [0.25, 0.3) is 16.7 Å². The average molecular weight is 357 g/mol. The first-order chi connectivity index (χ1) is 13.1. The van der Waals surface area contributed by atoms with Crippen molar-refractivity contribution in [1.82, 2.24) is 14.8 Å². The number of carbonyl (C=O) groups is 1. The third-order valence-electron chi connectivity index (χ3n) is 4.23. The third-order valence-corrected chi connectivity index (χ3v) is 4.23. The Balaban J connectivity index is 1.75. The summed E-state index contributed by atoms with van der Waals surface area (Å²) in [5, 5.41) is 11.1. The number of nitrogens with one attached hydrogen (secondary N) is 2. The summed E-state index contributed by atoms with van der Waals surface area (Å²) >= 11 is 0. The lowest BCUT2D eigenvalue weighted by Gasteiger charge is -2.06. The quantitative estimate of drug-likeness (QED) is 0.559. The number of pyridine rings is 1. The molecule has 0 fully saturated rings. The summed E-state index contributed by atoms with van der Waals surface area (Å²) in [6, 6.07) is 20.7. The first-order valence-electron chi connectivity index (χ1n) is 8.67. The maximum atomic E-state index is 12.5. The van der Waals surface area contributed by atoms with Crippen molar-refractivity contribution in [1.29, 1.82) is 0 Å². The number of hydrogen-bond acceptors (Lipinski definition) is 3. The number of amides is 2. The fraction of sp³-hybridized carbons (Fsp3) is 0.0952. The van der Waals surface area contributed by atoms with Gasteiger partial charge in [-0.3, -0.25) is 5.32 Å². The number of aryl methyl sites for hydroxylation is 2. The minimum absolute atomic E-state index is 0.346. The van der Waals surface area contributed by atoms with Crippen molar-refractivity contribution < 1.29 is 4.79 Å². The van der Waals surface area contributed by atoms with E-state index < -0.39 is 0 Å². The van der Waals surface area contributed by atoms with Crippen LogP contribution in [0.4, 0.5) is 16.3 Å². The molecule has 2 N–H and O–H groups in total. The highest BCUT2D eigenvalue weighted by atomic mass is 16.2. The maximum absolute atomic E-state index is 12.5. The lowest BCUT2D eigenvalue weighted by molar-refractivity contribution is 0.262. The predicted molar refractivity (Wildman–Crippen MR) is 107 cm³/mol. The highest BCUT2D eigenvalue weighted by Gasteiger charge is 2.17. The highest BCUT2D eigenvalue weighted by molar-refractivity contribution is 6.05. The topological polar surface area (TPSA) is 71.8 Å². The molecule has 2 aromatic heterocycles. The number of benzene rings is 2. The zero-order valence-electron chi connectivity index (χ0n) is 15.1. The molecule has 2 aromatic carbocycles. The second-order valence-electron chi connectivity index (χ2n) is 6.32. The Bertz CT molecular complexity index is 1100. The van der Waals surface area contributed by atoms with Crippen molar-refractivity contribution in [2.45, 2.75) is 13.8 Å². The second kappa shape index (κ2) is 6.92. The van der Waals surface area contributed by atoms with Crippen LogP contribution < -0.4 is 10.6 Å². The van der Waals surface area contributed by atoms with E-state index in [4.69, 9.17) is 0 Å². The average Bonchev–Trinajstić information content (AvgIpc) is 3.01. The number of aromatic nitrogens is 3. The lowest BCUT2D eigenvalue weighted by Crippen LogP contribution is -2.20. The standard InChI is InChI=1S/C21H19N5O/c1-14-13-15(2)22-20-18(14)19(25-26(20)17-11-7-4-8-12-17)24-21(27)23-16-9-5-3-6-10-16/h3-13H,1-2H3,(H2,23,24,25,27). The SMILES string of the molecule is Cc1cc(C)c2c(NC(=O)Nc3ccccc3)nn(-c3ccccc3)c2n1. The second-order valence-corrected chi connectivity index (χ2v) is 6.32. The molecule has 2 amide bonds. The van der Waals surface area contributed by atoms with E-state index in [2.05, 4.69) is 20.7 Å². The molecule has 4 rings (SSSR count). The predicted octanol–water partition coefficient (Wildman–Crippen LogP) is 4.68. The fourth-order valence-electron chi connectivity index (χ4n) is 3.09. The molecule has 0 radical (unpaired) electrons. The zero-order chi connectivity index (χ0) is 18.8. The molecule has 0 spiro atoms. The molecule has 27 heavy (non-hydrogen) atoms. The van der Waals surface area contributed by atoms with Gasteiger partial charge in [-0.05, 0) is 49.7 Å². The molecule has 134 valence electrons. The number of nitrogens with zero attached hydrogens (tertiary/aromatic N) is 3. The molecule has 0 unspecified atom stereocenters. The van der Waals surface area contributed by atoms with Crippen molar-refractivity contribution in [2.75, 3.05) is 10.6 Å². The number of urea groups is 1. The van der Waals surface area contributed by atoms with Gasteiger partial charge in [-0.2, -0.15) is 0 Å². The molecule has 6 nitrogen and oxygen atoms in total. The van der Waals surface area contributed by atoms with Gasteiger partial charge in [0.1, 0.15) is 0 Å². The van der Waals surface area contributed by atoms with Crippen molar-refractivity contribution in [3.05, 3.63) is 78.0 Å². The first-order valence-corrected chi connectivity index (χ1v) is 8.67. The Morgan fingerprint density at radius 1 is 0.926 bits per heavy atom. The van der Waals surface area contributed by atoms with Gasteiger partial charge in [-0.25, -0.2) is 14.5 Å². The van der Waals surface area contributed by atoms with Gasteiger partial charge in [0.05, 0.1) is 11.1 Å². The molecule has 4 aromatic rings. The lowest BCUT2D eigenvalue weighted by atomic mass is 10.2. The van der Waals surface area contributed by atoms with E-state index in [-0.39, 0.29) is 6.03 Å². The minimum Gasteiger partial charge on any atom is -0.308 e. The van der Waals surface area contributed by atoms with E-state index in [1.54, 1.807) is 4.68 Å². The van der Waals surface area contributed by atoms with Crippen LogP contribution in [0.15, 0.2) is 66.7 Å². The molecule has 2 heterocycles. The molecule has 0 saturated carbocycles. The van der Waals surface area contributed by atoms with Crippen molar-refractivity contribution in [3.8, 4) is 5.69 Å². The first kappa shape index (κ1) is 16.8. The van der Waals surface area contributed by atoms with Crippen LogP contribution in [0.2, 0.25) is 0 Å². The summed E-state index contributed by atoms with van der Waals surface area (Å²) in [6.45, 7) is 3.94. The minimum atomic E-state index is -0.346. The summed E-state index contributed by atoms with van der Waals surface area (Å²) in [6.07, 6.45) is 0. The van der Waals surface area contributed by atoms with Gasteiger partial charge >= 0.3 is 6.03 Å². The Morgan fingerprint density at radius 2 is 1.59 bits per heavy atom. The van der Waals surface area contributed by atoms with Crippen LogP contribution >= 0.6 is 0 Å². The molecular weight excluding hydrogens is 338 g/mol. The molecule has 0 saturated heterocycles. The van der Waals surface area contributed by atoms with E-state index in [1.165, 1.54) is 0 Å². The van der Waals surface area contributed by atoms with Crippen LogP contribution in [0.1, 0.15) is 11.3 Å². The number of hydrogen-bond donors (Lipinski definition) is 2. The van der Waals surface area contributed by atoms with Crippen LogP contribution in [0, 0.1) is 13.8 Å². The van der Waals surface area contributed by atoms with E-state index >= 15 is 0 Å². The largest absolute Gasteiger partial charge is 0.324 e. The molecule has 0 bridgehead atoms. The summed E-state index contributed by atoms with van der Waals surface area (Å²) < 4.78 is 1.76. The maximum Gasteiger partial charge on any atom is 0.324 e. The number of anilines is 2. The Hall–Kier alpha value is -3.67. The van der Waals surface area contributed by atoms with Crippen molar-refractivity contribution >= 4 is 28.6 Å².